The van der Waals surface area contributed by atoms with Crippen LogP contribution >= 0.6 is 0 Å². The largest absolute Gasteiger partial charge is 0.493 e. The molecule has 0 aliphatic carbocycles. The Morgan fingerprint density at radius 1 is 0.789 bits per heavy atom. The number of ether oxygens (including phenoxy) is 1. The zero-order valence-corrected chi connectivity index (χ0v) is 23.5. The number of benzene rings is 3. The van der Waals surface area contributed by atoms with E-state index in [0.29, 0.717) is 12.4 Å². The van der Waals surface area contributed by atoms with Crippen LogP contribution in [0.15, 0.2) is 65.7 Å². The van der Waals surface area contributed by atoms with Gasteiger partial charge in [0.1, 0.15) is 11.6 Å². The molecule has 0 spiro atoms. The number of hydrogen-bond acceptors (Lipinski definition) is 3. The van der Waals surface area contributed by atoms with E-state index in [2.05, 4.69) is 75.6 Å². The zero-order valence-electron chi connectivity index (χ0n) is 23.5. The van der Waals surface area contributed by atoms with Gasteiger partial charge >= 0.3 is 6.03 Å². The number of nitrogens with one attached hydrogen (secondary N) is 2. The minimum Gasteiger partial charge on any atom is -0.493 e. The Hall–Kier alpha value is -3.60. The fourth-order valence-corrected chi connectivity index (χ4v) is 5.31. The molecule has 0 radical (unpaired) electrons. The highest BCUT2D eigenvalue weighted by molar-refractivity contribution is 6.10. The smallest absolute Gasteiger partial charge is 0.322 e. The molecule has 1 atom stereocenters. The minimum atomic E-state index is -1.13. The van der Waals surface area contributed by atoms with Crippen LogP contribution in [0.1, 0.15) is 84.4 Å². The Balaban J connectivity index is 1.79. The number of hydrogen-bond donors (Lipinski definition) is 2. The van der Waals surface area contributed by atoms with Gasteiger partial charge in [-0.05, 0) is 51.3 Å². The molecule has 38 heavy (non-hydrogen) atoms. The number of amidine groups is 1. The fraction of sp³-hybridized carbons (Fsp3) is 0.394. The van der Waals surface area contributed by atoms with Gasteiger partial charge < -0.3 is 10.1 Å². The van der Waals surface area contributed by atoms with Gasteiger partial charge in [-0.1, -0.05) is 105 Å². The van der Waals surface area contributed by atoms with Crippen LogP contribution in [0, 0.1) is 27.7 Å². The number of rotatable bonds is 11. The summed E-state index contributed by atoms with van der Waals surface area (Å²) in [6, 6.07) is 20.2. The van der Waals surface area contributed by atoms with Crippen LogP contribution in [0.3, 0.4) is 0 Å². The van der Waals surface area contributed by atoms with Crippen molar-refractivity contribution in [1.29, 1.82) is 0 Å². The van der Waals surface area contributed by atoms with Crippen molar-refractivity contribution in [2.24, 2.45) is 4.99 Å². The third kappa shape index (κ3) is 6.09. The van der Waals surface area contributed by atoms with Crippen molar-refractivity contribution in [3.63, 3.8) is 0 Å². The van der Waals surface area contributed by atoms with Gasteiger partial charge in [0.05, 0.1) is 6.61 Å². The minimum absolute atomic E-state index is 0.291. The van der Waals surface area contributed by atoms with Gasteiger partial charge in [0, 0.05) is 16.7 Å². The number of carbonyl (C=O) groups excluding carboxylic acids is 1. The number of para-hydroxylation sites is 1. The van der Waals surface area contributed by atoms with Gasteiger partial charge in [0.2, 0.25) is 0 Å². The van der Waals surface area contributed by atoms with E-state index >= 15 is 0 Å². The summed E-state index contributed by atoms with van der Waals surface area (Å²) in [5.74, 6) is 1.30. The fourth-order valence-electron chi connectivity index (χ4n) is 5.31. The molecule has 0 saturated carbocycles. The first-order valence-corrected chi connectivity index (χ1v) is 13.9. The van der Waals surface area contributed by atoms with Crippen molar-refractivity contribution in [3.05, 3.63) is 99.6 Å². The van der Waals surface area contributed by atoms with Crippen LogP contribution in [0.2, 0.25) is 0 Å². The second kappa shape index (κ2) is 12.3. The van der Waals surface area contributed by atoms with Crippen LogP contribution in [-0.4, -0.2) is 18.5 Å². The summed E-state index contributed by atoms with van der Waals surface area (Å²) in [6.07, 6.45) is 7.19. The Labute approximate surface area is 227 Å². The molecular weight excluding hydrogens is 470 g/mol. The number of carbonyl (C=O) groups is 1. The number of urea groups is 1. The van der Waals surface area contributed by atoms with Crippen molar-refractivity contribution < 1.29 is 9.53 Å². The Bertz CT molecular complexity index is 1310. The standard InChI is InChI=1S/C33H41N3O2/c1-6-7-8-9-10-13-20-38-30-15-12-11-14-29(30)33(28-19-17-24(3)22-26(28)5)35-31(34-32(37)36-33)27-18-16-23(2)21-25(27)4/h11-12,14-19,21-22H,6-10,13,20H2,1-5H3,(H2,34,35,36,37). The molecule has 5 heteroatoms. The Morgan fingerprint density at radius 3 is 2.21 bits per heavy atom. The molecule has 1 aliphatic heterocycles. The number of amides is 2. The van der Waals surface area contributed by atoms with Crippen LogP contribution in [0.5, 0.6) is 5.75 Å². The van der Waals surface area contributed by atoms with Gasteiger partial charge in [0.15, 0.2) is 5.66 Å². The number of nitrogens with zero attached hydrogens (tertiary/aromatic N) is 1. The summed E-state index contributed by atoms with van der Waals surface area (Å²) in [4.78, 5) is 18.6. The van der Waals surface area contributed by atoms with Crippen molar-refractivity contribution in [1.82, 2.24) is 10.6 Å². The topological polar surface area (TPSA) is 62.7 Å². The second-order valence-corrected chi connectivity index (χ2v) is 10.5. The molecule has 0 saturated heterocycles. The molecule has 200 valence electrons. The van der Waals surface area contributed by atoms with E-state index in [1.165, 1.54) is 31.2 Å². The van der Waals surface area contributed by atoms with E-state index in [-0.39, 0.29) is 6.03 Å². The predicted molar refractivity (Wildman–Crippen MR) is 156 cm³/mol. The van der Waals surface area contributed by atoms with Gasteiger partial charge in [0.25, 0.3) is 0 Å². The first-order valence-electron chi connectivity index (χ1n) is 13.9. The lowest BCUT2D eigenvalue weighted by atomic mass is 9.86. The summed E-state index contributed by atoms with van der Waals surface area (Å²) in [5, 5.41) is 6.17. The third-order valence-corrected chi connectivity index (χ3v) is 7.25. The van der Waals surface area contributed by atoms with Crippen molar-refractivity contribution >= 4 is 11.9 Å². The Kier molecular flexibility index (Phi) is 8.88. The Morgan fingerprint density at radius 2 is 1.47 bits per heavy atom. The maximum absolute atomic E-state index is 13.3. The number of unbranched alkanes of at least 4 members (excludes halogenated alkanes) is 5. The molecule has 2 N–H and O–H groups in total. The molecule has 0 fully saturated rings. The van der Waals surface area contributed by atoms with E-state index in [1.807, 2.05) is 30.3 Å². The molecule has 2 amide bonds. The molecule has 3 aromatic carbocycles. The summed E-state index contributed by atoms with van der Waals surface area (Å²) in [7, 11) is 0. The average molecular weight is 512 g/mol. The molecule has 1 unspecified atom stereocenters. The zero-order chi connectivity index (χ0) is 27.1. The first kappa shape index (κ1) is 27.4. The number of aliphatic imine (C=N–C) groups is 1. The molecule has 0 bridgehead atoms. The van der Waals surface area contributed by atoms with E-state index in [4.69, 9.17) is 9.73 Å². The van der Waals surface area contributed by atoms with Crippen LogP contribution in [0.4, 0.5) is 4.79 Å². The van der Waals surface area contributed by atoms with Crippen molar-refractivity contribution in [2.45, 2.75) is 78.8 Å². The van der Waals surface area contributed by atoms with E-state index in [9.17, 15) is 4.79 Å². The van der Waals surface area contributed by atoms with E-state index in [1.54, 1.807) is 0 Å². The average Bonchev–Trinajstić information content (AvgIpc) is 2.88. The van der Waals surface area contributed by atoms with Crippen LogP contribution < -0.4 is 15.4 Å². The normalized spacial score (nSPS) is 17.0. The molecule has 1 heterocycles. The highest BCUT2D eigenvalue weighted by Crippen LogP contribution is 2.40. The highest BCUT2D eigenvalue weighted by atomic mass is 16.5. The maximum atomic E-state index is 13.3. The molecule has 3 aromatic rings. The summed E-state index contributed by atoms with van der Waals surface area (Å²) in [6.45, 7) is 11.1. The van der Waals surface area contributed by atoms with Crippen LogP contribution in [-0.2, 0) is 5.66 Å². The summed E-state index contributed by atoms with van der Waals surface area (Å²) < 4.78 is 6.38. The quantitative estimate of drug-likeness (QED) is 0.260. The summed E-state index contributed by atoms with van der Waals surface area (Å²) >= 11 is 0. The van der Waals surface area contributed by atoms with Gasteiger partial charge in [-0.2, -0.15) is 0 Å². The lowest BCUT2D eigenvalue weighted by Gasteiger charge is -2.38. The van der Waals surface area contributed by atoms with Crippen molar-refractivity contribution in [3.8, 4) is 5.75 Å². The summed E-state index contributed by atoms with van der Waals surface area (Å²) in [5.41, 5.74) is 5.98. The highest BCUT2D eigenvalue weighted by Gasteiger charge is 2.43. The van der Waals surface area contributed by atoms with E-state index < -0.39 is 5.66 Å². The lowest BCUT2D eigenvalue weighted by Crippen LogP contribution is -2.57. The molecule has 5 nitrogen and oxygen atoms in total. The third-order valence-electron chi connectivity index (χ3n) is 7.25. The predicted octanol–water partition coefficient (Wildman–Crippen LogP) is 7.62. The SMILES string of the molecule is CCCCCCCCOc1ccccc1C1(c2ccc(C)cc2C)N=C(c2ccc(C)cc2C)NC(=O)N1. The van der Waals surface area contributed by atoms with Gasteiger partial charge in [-0.3, -0.25) is 5.32 Å². The first-order chi connectivity index (χ1) is 18.3. The molecule has 0 aromatic heterocycles. The lowest BCUT2D eigenvalue weighted by molar-refractivity contribution is 0.230. The molecular formula is C33H41N3O2. The molecule has 4 rings (SSSR count). The van der Waals surface area contributed by atoms with Crippen molar-refractivity contribution in [2.75, 3.05) is 6.61 Å². The number of aryl methyl sites for hydroxylation is 4. The maximum Gasteiger partial charge on any atom is 0.322 e. The monoisotopic (exact) mass is 511 g/mol. The van der Waals surface area contributed by atoms with Gasteiger partial charge in [-0.15, -0.1) is 0 Å². The molecule has 1 aliphatic rings. The van der Waals surface area contributed by atoms with Gasteiger partial charge in [-0.25, -0.2) is 9.79 Å². The van der Waals surface area contributed by atoms with Crippen LogP contribution in [0.25, 0.3) is 0 Å². The van der Waals surface area contributed by atoms with E-state index in [0.717, 1.165) is 52.0 Å². The second-order valence-electron chi connectivity index (χ2n) is 10.5.